The first-order valence-electron chi connectivity index (χ1n) is 11.1. The number of hydrogen-bond acceptors (Lipinski definition) is 5. The maximum Gasteiger partial charge on any atom is 0.290 e. The van der Waals surface area contributed by atoms with Crippen molar-refractivity contribution in [1.82, 2.24) is 15.1 Å². The summed E-state index contributed by atoms with van der Waals surface area (Å²) in [6.45, 7) is 6.21. The molecule has 0 aromatic heterocycles. The molecule has 0 saturated carbocycles. The van der Waals surface area contributed by atoms with Crippen LogP contribution in [0.25, 0.3) is 0 Å². The van der Waals surface area contributed by atoms with Gasteiger partial charge in [-0.05, 0) is 16.7 Å². The third-order valence-electron chi connectivity index (χ3n) is 7.03. The molecule has 4 saturated heterocycles. The number of aliphatic hydroxyl groups is 1. The average Bonchev–Trinajstić information content (AvgIpc) is 3.06. The van der Waals surface area contributed by atoms with Gasteiger partial charge in [0, 0.05) is 56.6 Å². The van der Waals surface area contributed by atoms with Crippen LogP contribution in [0.4, 0.5) is 0 Å². The average molecular weight is 438 g/mol. The molecule has 3 unspecified atom stereocenters. The summed E-state index contributed by atoms with van der Waals surface area (Å²) in [6, 6.07) is 18.6. The molecule has 7 nitrogen and oxygen atoms in total. The number of carbonyl (C=O) groups excluding carboxylic acids is 1. The van der Waals surface area contributed by atoms with Gasteiger partial charge in [-0.15, -0.1) is 0 Å². The second kappa shape index (κ2) is 9.81. The van der Waals surface area contributed by atoms with E-state index in [0.29, 0.717) is 12.3 Å². The number of amides is 1. The van der Waals surface area contributed by atoms with E-state index in [1.807, 2.05) is 24.3 Å². The third kappa shape index (κ3) is 4.55. The lowest BCUT2D eigenvalue weighted by Crippen LogP contribution is -2.70. The maximum atomic E-state index is 13.0. The minimum absolute atomic E-state index is 0.0306. The predicted molar refractivity (Wildman–Crippen MR) is 121 cm³/mol. The molecule has 2 aromatic carbocycles. The van der Waals surface area contributed by atoms with Gasteiger partial charge in [0.15, 0.2) is 0 Å². The third-order valence-corrected chi connectivity index (χ3v) is 7.03. The molecule has 4 aliphatic heterocycles. The van der Waals surface area contributed by atoms with Gasteiger partial charge in [-0.3, -0.25) is 9.59 Å². The van der Waals surface area contributed by atoms with Crippen LogP contribution in [-0.4, -0.2) is 77.7 Å². The highest BCUT2D eigenvalue weighted by Gasteiger charge is 2.55. The molecule has 4 fully saturated rings. The molecule has 170 valence electrons. The zero-order chi connectivity index (χ0) is 22.6. The quantitative estimate of drug-likeness (QED) is 0.607. The Balaban J connectivity index is 0.000000775. The second-order valence-electron chi connectivity index (χ2n) is 9.05. The van der Waals surface area contributed by atoms with E-state index in [0.717, 1.165) is 50.4 Å². The van der Waals surface area contributed by atoms with Crippen molar-refractivity contribution < 1.29 is 19.8 Å². The van der Waals surface area contributed by atoms with Gasteiger partial charge in [0.1, 0.15) is 0 Å². The number of nitrogens with zero attached hydrogens (tertiary/aromatic N) is 2. The van der Waals surface area contributed by atoms with Crippen LogP contribution in [0, 0.1) is 5.92 Å². The normalized spacial score (nSPS) is 30.0. The van der Waals surface area contributed by atoms with Crippen molar-refractivity contribution in [2.24, 2.45) is 5.92 Å². The van der Waals surface area contributed by atoms with Crippen LogP contribution >= 0.6 is 0 Å². The number of aliphatic hydroxyl groups excluding tert-OH is 1. The standard InChI is InChI=1S/C24H29N3O2.CH2O2/c28-15-19-8-6-18(7-9-19)12-22(29)25-23-20-13-26-10-11-27(14-20)17-24(23,16-26)21-4-2-1-3-5-21;2-1-3/h1-9,20,23,28H,10-17H2,(H,25,29);1H,(H,2,3). The highest BCUT2D eigenvalue weighted by Crippen LogP contribution is 2.43. The summed E-state index contributed by atoms with van der Waals surface area (Å²) in [5, 5.41) is 19.6. The van der Waals surface area contributed by atoms with E-state index in [1.165, 1.54) is 5.56 Å². The molecule has 32 heavy (non-hydrogen) atoms. The van der Waals surface area contributed by atoms with Crippen molar-refractivity contribution in [3.05, 3.63) is 71.3 Å². The summed E-state index contributed by atoms with van der Waals surface area (Å²) < 4.78 is 0. The van der Waals surface area contributed by atoms with E-state index < -0.39 is 0 Å². The number of benzene rings is 2. The fourth-order valence-corrected chi connectivity index (χ4v) is 5.74. The molecule has 6 rings (SSSR count). The topological polar surface area (TPSA) is 93.1 Å². The van der Waals surface area contributed by atoms with Gasteiger partial charge in [-0.25, -0.2) is 0 Å². The van der Waals surface area contributed by atoms with Crippen LogP contribution in [0.15, 0.2) is 54.6 Å². The fourth-order valence-electron chi connectivity index (χ4n) is 5.74. The van der Waals surface area contributed by atoms with E-state index in [9.17, 15) is 9.90 Å². The van der Waals surface area contributed by atoms with Crippen LogP contribution in [0.1, 0.15) is 16.7 Å². The van der Waals surface area contributed by atoms with E-state index in [2.05, 4.69) is 45.4 Å². The Kier molecular flexibility index (Phi) is 6.89. The number of hydrogen-bond donors (Lipinski definition) is 3. The van der Waals surface area contributed by atoms with Crippen LogP contribution < -0.4 is 5.32 Å². The highest BCUT2D eigenvalue weighted by molar-refractivity contribution is 5.79. The van der Waals surface area contributed by atoms with Crippen molar-refractivity contribution in [2.45, 2.75) is 24.5 Å². The number of piperidine rings is 2. The SMILES string of the molecule is O=C(Cc1ccc(CO)cc1)NC1C2CN3CCN(C2)CC1(c1ccccc1)C3.O=CO. The summed E-state index contributed by atoms with van der Waals surface area (Å²) in [6.07, 6.45) is 0.382. The molecule has 4 bridgehead atoms. The smallest absolute Gasteiger partial charge is 0.290 e. The maximum absolute atomic E-state index is 13.0. The van der Waals surface area contributed by atoms with E-state index in [4.69, 9.17) is 9.90 Å². The summed E-state index contributed by atoms with van der Waals surface area (Å²) in [5.74, 6) is 0.555. The molecule has 4 heterocycles. The summed E-state index contributed by atoms with van der Waals surface area (Å²) in [4.78, 5) is 26.6. The van der Waals surface area contributed by atoms with Crippen molar-refractivity contribution in [1.29, 1.82) is 0 Å². The first-order valence-corrected chi connectivity index (χ1v) is 11.1. The van der Waals surface area contributed by atoms with Crippen molar-refractivity contribution >= 4 is 12.4 Å². The second-order valence-corrected chi connectivity index (χ2v) is 9.05. The van der Waals surface area contributed by atoms with Crippen molar-refractivity contribution in [2.75, 3.05) is 39.3 Å². The van der Waals surface area contributed by atoms with Gasteiger partial charge in [0.05, 0.1) is 13.0 Å². The predicted octanol–water partition coefficient (Wildman–Crippen LogP) is 1.11. The number of carbonyl (C=O) groups is 2. The van der Waals surface area contributed by atoms with Gasteiger partial charge in [0.2, 0.25) is 5.91 Å². The van der Waals surface area contributed by atoms with Crippen molar-refractivity contribution in [3.63, 3.8) is 0 Å². The van der Waals surface area contributed by atoms with Gasteiger partial charge >= 0.3 is 0 Å². The van der Waals surface area contributed by atoms with E-state index in [1.54, 1.807) is 0 Å². The monoisotopic (exact) mass is 437 g/mol. The minimum Gasteiger partial charge on any atom is -0.483 e. The van der Waals surface area contributed by atoms with Gasteiger partial charge in [0.25, 0.3) is 6.47 Å². The first kappa shape index (κ1) is 22.5. The Morgan fingerprint density at radius 2 is 1.56 bits per heavy atom. The number of carboxylic acid groups (broad SMARTS) is 1. The lowest BCUT2D eigenvalue weighted by Gasteiger charge is -2.55. The molecule has 2 aromatic rings. The molecule has 7 heteroatoms. The zero-order valence-corrected chi connectivity index (χ0v) is 18.2. The Bertz CT molecular complexity index is 903. The Hall–Kier alpha value is -2.74. The molecular weight excluding hydrogens is 406 g/mol. The van der Waals surface area contributed by atoms with Gasteiger partial charge in [-0.1, -0.05) is 54.6 Å². The van der Waals surface area contributed by atoms with Crippen molar-refractivity contribution in [3.8, 4) is 0 Å². The lowest BCUT2D eigenvalue weighted by atomic mass is 9.64. The molecule has 0 spiro atoms. The molecular formula is C25H31N3O4. The van der Waals surface area contributed by atoms with Crippen LogP contribution in [0.3, 0.4) is 0 Å². The zero-order valence-electron chi connectivity index (χ0n) is 18.2. The Morgan fingerprint density at radius 1 is 1.00 bits per heavy atom. The minimum atomic E-state index is -0.250. The van der Waals surface area contributed by atoms with E-state index >= 15 is 0 Å². The summed E-state index contributed by atoms with van der Waals surface area (Å²) in [5.41, 5.74) is 3.16. The fraction of sp³-hybridized carbons (Fsp3) is 0.440. The summed E-state index contributed by atoms with van der Waals surface area (Å²) in [7, 11) is 0. The number of nitrogens with one attached hydrogen (secondary N) is 1. The van der Waals surface area contributed by atoms with Gasteiger partial charge in [-0.2, -0.15) is 0 Å². The lowest BCUT2D eigenvalue weighted by molar-refractivity contribution is -0.124. The molecule has 4 aliphatic rings. The Labute approximate surface area is 188 Å². The molecule has 0 aliphatic carbocycles. The molecule has 0 radical (unpaired) electrons. The van der Waals surface area contributed by atoms with Crippen LogP contribution in [-0.2, 0) is 28.0 Å². The van der Waals surface area contributed by atoms with Gasteiger partial charge < -0.3 is 25.3 Å². The number of rotatable bonds is 5. The highest BCUT2D eigenvalue weighted by atomic mass is 16.3. The molecule has 1 amide bonds. The number of fused-ring (bicyclic) bond motifs is 1. The van der Waals surface area contributed by atoms with Crippen LogP contribution in [0.5, 0.6) is 0 Å². The molecule has 3 atom stereocenters. The van der Waals surface area contributed by atoms with E-state index in [-0.39, 0.29) is 30.4 Å². The first-order chi connectivity index (χ1) is 15.6. The summed E-state index contributed by atoms with van der Waals surface area (Å²) >= 11 is 0. The largest absolute Gasteiger partial charge is 0.483 e. The van der Waals surface area contributed by atoms with Crippen LogP contribution in [0.2, 0.25) is 0 Å². The Morgan fingerprint density at radius 3 is 2.12 bits per heavy atom. The molecule has 3 N–H and O–H groups in total.